The van der Waals surface area contributed by atoms with E-state index >= 15 is 0 Å². The molecule has 0 saturated heterocycles. The van der Waals surface area contributed by atoms with E-state index in [1.807, 2.05) is 46.8 Å². The normalized spacial score (nSPS) is 11.7. The summed E-state index contributed by atoms with van der Waals surface area (Å²) in [6, 6.07) is 0. The summed E-state index contributed by atoms with van der Waals surface area (Å²) < 4.78 is 3.91. The lowest BCUT2D eigenvalue weighted by Crippen LogP contribution is -2.06. The predicted molar refractivity (Wildman–Crippen MR) is 122 cm³/mol. The maximum atomic E-state index is 4.66. The molecule has 0 fully saturated rings. The monoisotopic (exact) mass is 464 g/mol. The molecule has 0 aromatic carbocycles. The van der Waals surface area contributed by atoms with Crippen LogP contribution >= 0.6 is 47.0 Å². The zero-order chi connectivity index (χ0) is 20.4. The third-order valence-corrected chi connectivity index (χ3v) is 6.81. The van der Waals surface area contributed by atoms with Crippen molar-refractivity contribution in [3.05, 3.63) is 12.4 Å². The number of hydrogen-bond donors (Lipinski definition) is 0. The molecule has 4 rings (SSSR count). The van der Waals surface area contributed by atoms with Crippen LogP contribution in [0.3, 0.4) is 0 Å². The van der Waals surface area contributed by atoms with E-state index in [1.54, 1.807) is 35.3 Å². The minimum Gasteiger partial charge on any atom is -0.270 e. The second-order valence-corrected chi connectivity index (χ2v) is 9.16. The van der Waals surface area contributed by atoms with Gasteiger partial charge in [0.2, 0.25) is 0 Å². The van der Waals surface area contributed by atoms with Crippen molar-refractivity contribution in [3.63, 3.8) is 0 Å². The lowest BCUT2D eigenvalue weighted by Gasteiger charge is -2.05. The van der Waals surface area contributed by atoms with Gasteiger partial charge in [-0.25, -0.2) is 24.6 Å². The molecule has 8 nitrogen and oxygen atoms in total. The molecule has 4 heterocycles. The van der Waals surface area contributed by atoms with E-state index in [1.165, 1.54) is 11.8 Å². The van der Waals surface area contributed by atoms with E-state index in [4.69, 9.17) is 0 Å². The van der Waals surface area contributed by atoms with Crippen molar-refractivity contribution in [3.8, 4) is 0 Å². The summed E-state index contributed by atoms with van der Waals surface area (Å²) in [7, 11) is 0. The van der Waals surface area contributed by atoms with Gasteiger partial charge >= 0.3 is 0 Å². The highest BCUT2D eigenvalue weighted by Gasteiger charge is 2.13. The molecule has 0 saturated carbocycles. The molecule has 0 N–H and O–H groups in total. The van der Waals surface area contributed by atoms with E-state index in [-0.39, 0.29) is 0 Å². The van der Waals surface area contributed by atoms with Crippen LogP contribution in [0.25, 0.3) is 22.1 Å². The lowest BCUT2D eigenvalue weighted by molar-refractivity contribution is 0.508. The van der Waals surface area contributed by atoms with Crippen LogP contribution in [0.1, 0.15) is 6.42 Å². The summed E-state index contributed by atoms with van der Waals surface area (Å²) in [6.45, 7) is 1.53. The Morgan fingerprint density at radius 2 is 1.48 bits per heavy atom. The first kappa shape index (κ1) is 20.8. The van der Waals surface area contributed by atoms with Gasteiger partial charge in [-0.2, -0.15) is 10.2 Å². The second kappa shape index (κ2) is 9.11. The third kappa shape index (κ3) is 4.21. The van der Waals surface area contributed by atoms with E-state index in [9.17, 15) is 0 Å². The molecule has 0 bridgehead atoms. The van der Waals surface area contributed by atoms with Crippen LogP contribution < -0.4 is 0 Å². The highest BCUT2D eigenvalue weighted by Crippen LogP contribution is 2.27. The first-order valence-electron chi connectivity index (χ1n) is 8.81. The minimum absolute atomic E-state index is 0.750. The largest absolute Gasteiger partial charge is 0.270 e. The summed E-state index contributed by atoms with van der Waals surface area (Å²) in [6.07, 6.45) is 12.8. The zero-order valence-corrected chi connectivity index (χ0v) is 19.8. The fraction of sp³-hybridized carbons (Fsp3) is 0.412. The van der Waals surface area contributed by atoms with Crippen molar-refractivity contribution in [2.75, 3.05) is 25.0 Å². The fourth-order valence-corrected chi connectivity index (χ4v) is 4.89. The van der Waals surface area contributed by atoms with Crippen molar-refractivity contribution in [1.29, 1.82) is 0 Å². The van der Waals surface area contributed by atoms with Crippen LogP contribution in [0, 0.1) is 0 Å². The van der Waals surface area contributed by atoms with Crippen molar-refractivity contribution >= 4 is 69.1 Å². The molecule has 4 aromatic rings. The molecule has 12 heteroatoms. The van der Waals surface area contributed by atoms with Crippen molar-refractivity contribution in [1.82, 2.24) is 39.5 Å². The number of thioether (sulfide) groups is 4. The van der Waals surface area contributed by atoms with Crippen LogP contribution in [0.15, 0.2) is 32.8 Å². The van der Waals surface area contributed by atoms with Crippen LogP contribution in [-0.4, -0.2) is 64.5 Å². The average Bonchev–Trinajstić information content (AvgIpc) is 3.35. The number of hydrogen-bond acceptors (Lipinski definition) is 10. The van der Waals surface area contributed by atoms with Gasteiger partial charge in [-0.1, -0.05) is 23.5 Å². The molecule has 0 aliphatic rings. The summed E-state index contributed by atoms with van der Waals surface area (Å²) in [5, 5.41) is 14.6. The Hall–Kier alpha value is -1.50. The lowest BCUT2D eigenvalue weighted by atomic mass is 10.4. The van der Waals surface area contributed by atoms with Crippen molar-refractivity contribution in [2.24, 2.45) is 0 Å². The van der Waals surface area contributed by atoms with Crippen molar-refractivity contribution < 1.29 is 0 Å². The van der Waals surface area contributed by atoms with Gasteiger partial charge in [0.05, 0.1) is 17.0 Å². The Morgan fingerprint density at radius 1 is 0.793 bits per heavy atom. The number of nitrogens with zero attached hydrogens (tertiary/aromatic N) is 8. The standard InChI is InChI=1S/C17H20N8S4/c1-26-14-10-8-18-25(13(10)20-17(21-14)29-4)7-5-6-24-9-11-12(23-24)19-16(28-3)22-15(11)27-2/h8-9H,5-7H2,1-4H3. The highest BCUT2D eigenvalue weighted by molar-refractivity contribution is 7.99. The van der Waals surface area contributed by atoms with Crippen LogP contribution in [-0.2, 0) is 13.1 Å². The quantitative estimate of drug-likeness (QED) is 0.217. The third-order valence-electron chi connectivity index (χ3n) is 4.32. The van der Waals surface area contributed by atoms with Gasteiger partial charge in [0.1, 0.15) is 10.1 Å². The maximum absolute atomic E-state index is 4.66. The van der Waals surface area contributed by atoms with Crippen LogP contribution in [0.5, 0.6) is 0 Å². The van der Waals surface area contributed by atoms with Gasteiger partial charge in [-0.3, -0.25) is 4.68 Å². The molecule has 29 heavy (non-hydrogen) atoms. The molecule has 0 spiro atoms. The smallest absolute Gasteiger partial charge is 0.190 e. The molecule has 0 aliphatic heterocycles. The summed E-state index contributed by atoms with van der Waals surface area (Å²) >= 11 is 6.32. The Morgan fingerprint density at radius 3 is 2.17 bits per heavy atom. The van der Waals surface area contributed by atoms with Crippen LogP contribution in [0.2, 0.25) is 0 Å². The Balaban J connectivity index is 1.53. The maximum Gasteiger partial charge on any atom is 0.190 e. The van der Waals surface area contributed by atoms with E-state index in [0.717, 1.165) is 61.9 Å². The highest BCUT2D eigenvalue weighted by atomic mass is 32.2. The Kier molecular flexibility index (Phi) is 6.52. The van der Waals surface area contributed by atoms with E-state index in [2.05, 4.69) is 30.1 Å². The Labute approximate surface area is 185 Å². The summed E-state index contributed by atoms with van der Waals surface area (Å²) in [4.78, 5) is 18.3. The predicted octanol–water partition coefficient (Wildman–Crippen LogP) is 3.94. The molecule has 0 amide bonds. The number of aromatic nitrogens is 8. The van der Waals surface area contributed by atoms with E-state index < -0.39 is 0 Å². The van der Waals surface area contributed by atoms with Gasteiger partial charge in [-0.05, 0) is 31.4 Å². The van der Waals surface area contributed by atoms with Gasteiger partial charge in [-0.15, -0.1) is 23.5 Å². The average molecular weight is 465 g/mol. The van der Waals surface area contributed by atoms with E-state index in [0.29, 0.717) is 0 Å². The minimum atomic E-state index is 0.750. The first-order valence-corrected chi connectivity index (χ1v) is 13.7. The molecule has 4 aromatic heterocycles. The van der Waals surface area contributed by atoms with Gasteiger partial charge < -0.3 is 0 Å². The van der Waals surface area contributed by atoms with Gasteiger partial charge in [0.15, 0.2) is 21.6 Å². The van der Waals surface area contributed by atoms with Crippen LogP contribution in [0.4, 0.5) is 0 Å². The molecular formula is C17H20N8S4. The first-order chi connectivity index (χ1) is 14.2. The number of fused-ring (bicyclic) bond motifs is 2. The topological polar surface area (TPSA) is 87.2 Å². The van der Waals surface area contributed by atoms with Gasteiger partial charge in [0, 0.05) is 19.3 Å². The molecule has 152 valence electrons. The number of aryl methyl sites for hydroxylation is 2. The Bertz CT molecular complexity index is 1160. The molecule has 0 aliphatic carbocycles. The molecular weight excluding hydrogens is 445 g/mol. The second-order valence-electron chi connectivity index (χ2n) is 6.03. The number of rotatable bonds is 8. The fourth-order valence-electron chi connectivity index (χ4n) is 2.97. The SMILES string of the molecule is CSc1nc(SC)c2cn(CCCn3ncc4c(SC)nc(SC)nc43)nc2n1. The zero-order valence-electron chi connectivity index (χ0n) is 16.5. The molecule has 0 atom stereocenters. The molecule has 0 unspecified atom stereocenters. The summed E-state index contributed by atoms with van der Waals surface area (Å²) in [5.41, 5.74) is 1.64. The van der Waals surface area contributed by atoms with Gasteiger partial charge in [0.25, 0.3) is 0 Å². The summed E-state index contributed by atoms with van der Waals surface area (Å²) in [5.74, 6) is 0. The van der Waals surface area contributed by atoms with Crippen molar-refractivity contribution in [2.45, 2.75) is 39.9 Å². The molecule has 0 radical (unpaired) electrons.